The molecule has 2 amide bonds. The van der Waals surface area contributed by atoms with Crippen molar-refractivity contribution in [1.29, 1.82) is 0 Å². The van der Waals surface area contributed by atoms with E-state index in [1.54, 1.807) is 55.4 Å². The summed E-state index contributed by atoms with van der Waals surface area (Å²) in [4.78, 5) is 46.9. The normalized spacial score (nSPS) is 21.3. The topological polar surface area (TPSA) is 149 Å². The van der Waals surface area contributed by atoms with Crippen molar-refractivity contribution in [2.24, 2.45) is 0 Å². The number of phosphoric acid groups is 1. The van der Waals surface area contributed by atoms with Crippen LogP contribution in [0.4, 0.5) is 0 Å². The Bertz CT molecular complexity index is 990. The van der Waals surface area contributed by atoms with Gasteiger partial charge in [0.1, 0.15) is 0 Å². The van der Waals surface area contributed by atoms with E-state index in [2.05, 4.69) is 0 Å². The monoisotopic (exact) mass is 617 g/mol. The van der Waals surface area contributed by atoms with Crippen molar-refractivity contribution in [2.75, 3.05) is 13.2 Å². The molecule has 0 spiro atoms. The van der Waals surface area contributed by atoms with E-state index >= 15 is 0 Å². The highest BCUT2D eigenvalue weighted by Gasteiger charge is 2.48. The van der Waals surface area contributed by atoms with Crippen LogP contribution in [-0.2, 0) is 37.0 Å². The molecule has 230 valence electrons. The van der Waals surface area contributed by atoms with Gasteiger partial charge in [0.25, 0.3) is 0 Å². The Kier molecular flexibility index (Phi) is 11.8. The largest absolute Gasteiger partial charge is 0.473 e. The van der Waals surface area contributed by atoms with Gasteiger partial charge in [0.2, 0.25) is 11.8 Å². The molecule has 1 aliphatic heterocycles. The molecule has 1 heterocycles. The summed E-state index contributed by atoms with van der Waals surface area (Å²) in [5.41, 5.74) is -3.09. The molecule has 14 heteroatoms. The molecular formula is C25H49NO10P2S. The van der Waals surface area contributed by atoms with Crippen LogP contribution in [0, 0.1) is 0 Å². The fourth-order valence-electron chi connectivity index (χ4n) is 4.36. The molecule has 11 nitrogen and oxygen atoms in total. The van der Waals surface area contributed by atoms with Crippen molar-refractivity contribution < 1.29 is 46.8 Å². The zero-order chi connectivity index (χ0) is 30.9. The van der Waals surface area contributed by atoms with E-state index in [1.807, 2.05) is 13.8 Å². The molecule has 0 aromatic rings. The van der Waals surface area contributed by atoms with Gasteiger partial charge in [-0.05, 0) is 82.1 Å². The second-order valence-electron chi connectivity index (χ2n) is 13.2. The summed E-state index contributed by atoms with van der Waals surface area (Å²) in [5.74, 6) is -0.404. The van der Waals surface area contributed by atoms with E-state index in [-0.39, 0.29) is 31.3 Å². The number of carbonyl (C=O) groups excluding carboxylic acids is 2. The van der Waals surface area contributed by atoms with Crippen LogP contribution in [0.2, 0.25) is 0 Å². The number of hydrogen-bond donors (Lipinski definition) is 2. The lowest BCUT2D eigenvalue weighted by Crippen LogP contribution is -2.38. The third-order valence-electron chi connectivity index (χ3n) is 5.79. The number of hydrogen-bond acceptors (Lipinski definition) is 9. The van der Waals surface area contributed by atoms with Gasteiger partial charge in [0.05, 0.1) is 28.7 Å². The summed E-state index contributed by atoms with van der Waals surface area (Å²) in [6, 6.07) is 0. The first-order valence-corrected chi connectivity index (χ1v) is 17.0. The van der Waals surface area contributed by atoms with Crippen LogP contribution in [0.1, 0.15) is 102 Å². The minimum Gasteiger partial charge on any atom is -0.363 e. The molecule has 0 bridgehead atoms. The molecule has 2 N–H and O–H groups in total. The van der Waals surface area contributed by atoms with Crippen molar-refractivity contribution >= 4 is 39.0 Å². The van der Waals surface area contributed by atoms with E-state index in [0.29, 0.717) is 13.0 Å². The molecule has 39 heavy (non-hydrogen) atoms. The van der Waals surface area contributed by atoms with E-state index in [0.717, 1.165) is 0 Å². The van der Waals surface area contributed by atoms with Crippen LogP contribution in [0.25, 0.3) is 0 Å². The van der Waals surface area contributed by atoms with Crippen LogP contribution in [0.15, 0.2) is 0 Å². The van der Waals surface area contributed by atoms with Crippen LogP contribution >= 0.6 is 27.2 Å². The van der Waals surface area contributed by atoms with Crippen LogP contribution in [0.5, 0.6) is 0 Å². The number of carbonyl (C=O) groups is 2. The maximum absolute atomic E-state index is 13.4. The molecule has 0 aromatic carbocycles. The first kappa shape index (κ1) is 36.7. The van der Waals surface area contributed by atoms with Crippen molar-refractivity contribution in [2.45, 2.75) is 134 Å². The van der Waals surface area contributed by atoms with Crippen LogP contribution < -0.4 is 0 Å². The maximum Gasteiger partial charge on any atom is 0.473 e. The molecule has 0 aliphatic carbocycles. The number of imide groups is 1. The summed E-state index contributed by atoms with van der Waals surface area (Å²) in [7, 11) is -8.71. The van der Waals surface area contributed by atoms with Gasteiger partial charge in [0.15, 0.2) is 5.34 Å². The van der Waals surface area contributed by atoms with Gasteiger partial charge in [-0.2, -0.15) is 0 Å². The quantitative estimate of drug-likeness (QED) is 0.168. The van der Waals surface area contributed by atoms with Gasteiger partial charge in [0, 0.05) is 17.7 Å². The predicted octanol–water partition coefficient (Wildman–Crippen LogP) is 5.87. The van der Waals surface area contributed by atoms with Crippen molar-refractivity contribution in [3.63, 3.8) is 0 Å². The Morgan fingerprint density at radius 1 is 0.897 bits per heavy atom. The Morgan fingerprint density at radius 3 is 1.90 bits per heavy atom. The van der Waals surface area contributed by atoms with Gasteiger partial charge < -0.3 is 19.0 Å². The molecule has 0 radical (unpaired) electrons. The first-order valence-electron chi connectivity index (χ1n) is 13.1. The van der Waals surface area contributed by atoms with Crippen LogP contribution in [-0.4, -0.2) is 71.8 Å². The smallest absolute Gasteiger partial charge is 0.363 e. The minimum atomic E-state index is -4.36. The zero-order valence-electron chi connectivity index (χ0n) is 25.5. The highest BCUT2D eigenvalue weighted by atomic mass is 32.2. The van der Waals surface area contributed by atoms with Crippen LogP contribution in [0.3, 0.4) is 0 Å². The Morgan fingerprint density at radius 2 is 1.44 bits per heavy atom. The zero-order valence-corrected chi connectivity index (χ0v) is 28.1. The molecule has 3 atom stereocenters. The lowest BCUT2D eigenvalue weighted by molar-refractivity contribution is -0.137. The lowest BCUT2D eigenvalue weighted by Gasteiger charge is -2.40. The van der Waals surface area contributed by atoms with Gasteiger partial charge in [-0.25, -0.2) is 4.57 Å². The average molecular weight is 618 g/mol. The number of nitrogens with zero attached hydrogens (tertiary/aromatic N) is 1. The standard InChI is InChI=1S/C25H49NO10P2S/c1-13-26-19(27)16-18(20(26)28)39-24(9,10)17-23(7,8)35-37(29,30)25(11,12)33-15-14-22(5,6)36-38(31,32)34-21(2,3)4/h18H,13-17H2,1-12H3,(H,29,30)(H,31,32). The van der Waals surface area contributed by atoms with Gasteiger partial charge >= 0.3 is 15.4 Å². The average Bonchev–Trinajstić information content (AvgIpc) is 2.87. The fraction of sp³-hybridized carbons (Fsp3) is 0.920. The third-order valence-corrected chi connectivity index (χ3v) is 11.0. The Labute approximate surface area is 238 Å². The van der Waals surface area contributed by atoms with E-state index in [1.165, 1.54) is 30.5 Å². The molecular weight excluding hydrogens is 568 g/mol. The fourth-order valence-corrected chi connectivity index (χ4v) is 8.67. The molecule has 1 aliphatic rings. The van der Waals surface area contributed by atoms with E-state index in [4.69, 9.17) is 18.3 Å². The molecule has 0 saturated carbocycles. The number of likely N-dealkylation sites (tertiary alicyclic amines) is 1. The van der Waals surface area contributed by atoms with E-state index < -0.39 is 47.6 Å². The van der Waals surface area contributed by atoms with Gasteiger partial charge in [-0.15, -0.1) is 11.8 Å². The number of ether oxygens (including phenoxy) is 1. The van der Waals surface area contributed by atoms with Gasteiger partial charge in [-0.3, -0.25) is 28.1 Å². The molecule has 1 saturated heterocycles. The third kappa shape index (κ3) is 11.8. The number of thioether (sulfide) groups is 1. The first-order chi connectivity index (χ1) is 17.1. The minimum absolute atomic E-state index is 0.0586. The second kappa shape index (κ2) is 12.5. The van der Waals surface area contributed by atoms with Crippen molar-refractivity contribution in [3.8, 4) is 0 Å². The molecule has 1 rings (SSSR count). The second-order valence-corrected chi connectivity index (χ2v) is 18.7. The number of phosphoric ester groups is 1. The summed E-state index contributed by atoms with van der Waals surface area (Å²) < 4.78 is 47.1. The summed E-state index contributed by atoms with van der Waals surface area (Å²) >= 11 is 1.36. The van der Waals surface area contributed by atoms with Crippen molar-refractivity contribution in [3.05, 3.63) is 0 Å². The van der Waals surface area contributed by atoms with E-state index in [9.17, 15) is 28.5 Å². The SMILES string of the molecule is CCN1C(=O)CC(SC(C)(C)CC(C)(C)OP(=O)(O)C(C)(C)OCCC(C)(C)OP(=O)(O)OC(C)(C)C)C1=O. The maximum atomic E-state index is 13.4. The number of rotatable bonds is 15. The summed E-state index contributed by atoms with van der Waals surface area (Å²) in [6.07, 6.45) is 0.579. The Balaban J connectivity index is 2.79. The number of amides is 2. The molecule has 0 aromatic heterocycles. The van der Waals surface area contributed by atoms with Gasteiger partial charge in [-0.1, -0.05) is 13.8 Å². The summed E-state index contributed by atoms with van der Waals surface area (Å²) in [6.45, 7) is 20.2. The Hall–Kier alpha value is -0.290. The summed E-state index contributed by atoms with van der Waals surface area (Å²) in [5, 5.41) is -2.10. The molecule has 3 unspecified atom stereocenters. The predicted molar refractivity (Wildman–Crippen MR) is 153 cm³/mol. The molecule has 1 fully saturated rings. The highest BCUT2D eigenvalue weighted by Crippen LogP contribution is 2.59. The highest BCUT2D eigenvalue weighted by molar-refractivity contribution is 8.02. The lowest BCUT2D eigenvalue weighted by atomic mass is 9.96. The van der Waals surface area contributed by atoms with Crippen molar-refractivity contribution in [1.82, 2.24) is 4.90 Å².